The van der Waals surface area contributed by atoms with Crippen molar-refractivity contribution in [2.75, 3.05) is 5.73 Å². The van der Waals surface area contributed by atoms with Crippen LogP contribution in [0.15, 0.2) is 6.07 Å². The van der Waals surface area contributed by atoms with E-state index in [0.29, 0.717) is 11.0 Å². The van der Waals surface area contributed by atoms with Gasteiger partial charge in [-0.15, -0.1) is 0 Å². The van der Waals surface area contributed by atoms with Gasteiger partial charge in [-0.25, -0.2) is 4.98 Å². The lowest BCUT2D eigenvalue weighted by atomic mass is 10.3. The molecule has 0 amide bonds. The number of nitrogen functional groups attached to an aromatic ring is 1. The molecular weight excluding hydrogens is 290 g/mol. The molecule has 0 aliphatic heterocycles. The predicted molar refractivity (Wildman–Crippen MR) is 56.0 cm³/mol. The molecule has 0 atom stereocenters. The van der Waals surface area contributed by atoms with Gasteiger partial charge in [0, 0.05) is 6.07 Å². The van der Waals surface area contributed by atoms with Crippen molar-refractivity contribution >= 4 is 50.9 Å². The van der Waals surface area contributed by atoms with Crippen molar-refractivity contribution in [2.45, 2.75) is 0 Å². The number of aromatic amines is 1. The third-order valence-electron chi connectivity index (χ3n) is 1.49. The summed E-state index contributed by atoms with van der Waals surface area (Å²) in [5.74, 6) is 0.413. The smallest absolute Gasteiger partial charge is 0.137 e. The molecular formula is C6H4ClIN4. The minimum Gasteiger partial charge on any atom is -0.383 e. The van der Waals surface area contributed by atoms with Crippen molar-refractivity contribution in [3.05, 3.63) is 14.9 Å². The van der Waals surface area contributed by atoms with Gasteiger partial charge in [0.05, 0.1) is 10.9 Å². The second-order valence-electron chi connectivity index (χ2n) is 2.26. The molecule has 0 saturated carbocycles. The van der Waals surface area contributed by atoms with Crippen LogP contribution < -0.4 is 5.73 Å². The third kappa shape index (κ3) is 1.13. The van der Waals surface area contributed by atoms with Gasteiger partial charge in [0.1, 0.15) is 14.7 Å². The molecule has 0 aromatic carbocycles. The minimum atomic E-state index is 0.364. The highest BCUT2D eigenvalue weighted by Gasteiger charge is 2.08. The molecule has 0 saturated heterocycles. The lowest BCUT2D eigenvalue weighted by Crippen LogP contribution is -1.91. The SMILES string of the molecule is Nc1nc(Cl)cc2n[nH]c(I)c12. The molecule has 0 aliphatic rings. The number of halogens is 2. The molecule has 0 fully saturated rings. The van der Waals surface area contributed by atoms with E-state index >= 15 is 0 Å². The number of nitrogens with two attached hydrogens (primary N) is 1. The van der Waals surface area contributed by atoms with Gasteiger partial charge in [0.25, 0.3) is 0 Å². The van der Waals surface area contributed by atoms with E-state index in [2.05, 4.69) is 37.8 Å². The fourth-order valence-corrected chi connectivity index (χ4v) is 1.87. The molecule has 2 heterocycles. The summed E-state index contributed by atoms with van der Waals surface area (Å²) in [5, 5.41) is 8.00. The van der Waals surface area contributed by atoms with Crippen LogP contribution in [0.3, 0.4) is 0 Å². The van der Waals surface area contributed by atoms with E-state index in [1.807, 2.05) is 0 Å². The number of H-pyrrole nitrogens is 1. The Kier molecular flexibility index (Phi) is 1.84. The van der Waals surface area contributed by atoms with Gasteiger partial charge in [-0.05, 0) is 22.6 Å². The number of fused-ring (bicyclic) bond motifs is 1. The van der Waals surface area contributed by atoms with Gasteiger partial charge in [-0.2, -0.15) is 5.10 Å². The van der Waals surface area contributed by atoms with Gasteiger partial charge >= 0.3 is 0 Å². The Morgan fingerprint density at radius 1 is 1.58 bits per heavy atom. The molecule has 2 aromatic rings. The number of aromatic nitrogens is 3. The summed E-state index contributed by atoms with van der Waals surface area (Å²) in [5.41, 5.74) is 6.39. The number of pyridine rings is 1. The standard InChI is InChI=1S/C6H4ClIN4/c7-3-1-2-4(6(9)10-3)5(8)12-11-2/h1H,(H2,9,10)(H,11,12). The Balaban J connectivity index is 2.93. The van der Waals surface area contributed by atoms with E-state index in [4.69, 9.17) is 17.3 Å². The van der Waals surface area contributed by atoms with E-state index in [9.17, 15) is 0 Å². The van der Waals surface area contributed by atoms with Crippen LogP contribution in [0.2, 0.25) is 5.15 Å². The molecule has 2 rings (SSSR count). The van der Waals surface area contributed by atoms with Crippen LogP contribution in [-0.2, 0) is 0 Å². The first-order valence-electron chi connectivity index (χ1n) is 3.14. The van der Waals surface area contributed by atoms with Crippen molar-refractivity contribution < 1.29 is 0 Å². The largest absolute Gasteiger partial charge is 0.383 e. The van der Waals surface area contributed by atoms with E-state index < -0.39 is 0 Å². The fourth-order valence-electron chi connectivity index (χ4n) is 0.998. The van der Waals surface area contributed by atoms with E-state index in [1.54, 1.807) is 6.07 Å². The fraction of sp³-hybridized carbons (Fsp3) is 0. The van der Waals surface area contributed by atoms with Crippen LogP contribution in [-0.4, -0.2) is 15.2 Å². The molecule has 0 aliphatic carbocycles. The average Bonchev–Trinajstić information content (AvgIpc) is 2.31. The van der Waals surface area contributed by atoms with Gasteiger partial charge in [0.15, 0.2) is 0 Å². The molecule has 0 spiro atoms. The molecule has 4 nitrogen and oxygen atoms in total. The van der Waals surface area contributed by atoms with Crippen molar-refractivity contribution in [1.82, 2.24) is 15.2 Å². The first-order valence-corrected chi connectivity index (χ1v) is 4.60. The highest BCUT2D eigenvalue weighted by molar-refractivity contribution is 14.1. The van der Waals surface area contributed by atoms with Gasteiger partial charge in [-0.1, -0.05) is 11.6 Å². The summed E-state index contributed by atoms with van der Waals surface area (Å²) in [7, 11) is 0. The van der Waals surface area contributed by atoms with Crippen molar-refractivity contribution in [1.29, 1.82) is 0 Å². The van der Waals surface area contributed by atoms with Crippen molar-refractivity contribution in [3.8, 4) is 0 Å². The normalized spacial score (nSPS) is 10.8. The van der Waals surface area contributed by atoms with Crippen LogP contribution in [0.25, 0.3) is 10.9 Å². The van der Waals surface area contributed by atoms with E-state index in [1.165, 1.54) is 0 Å². The van der Waals surface area contributed by atoms with Crippen LogP contribution in [0.5, 0.6) is 0 Å². The summed E-state index contributed by atoms with van der Waals surface area (Å²) in [6, 6.07) is 1.67. The quantitative estimate of drug-likeness (QED) is 0.575. The molecule has 6 heteroatoms. The molecule has 62 valence electrons. The second kappa shape index (κ2) is 2.74. The maximum Gasteiger partial charge on any atom is 0.137 e. The summed E-state index contributed by atoms with van der Waals surface area (Å²) in [4.78, 5) is 3.91. The molecule has 0 unspecified atom stereocenters. The predicted octanol–water partition coefficient (Wildman–Crippen LogP) is 1.80. The summed E-state index contributed by atoms with van der Waals surface area (Å²) < 4.78 is 0.879. The van der Waals surface area contributed by atoms with Crippen LogP contribution in [0.1, 0.15) is 0 Å². The molecule has 2 aromatic heterocycles. The number of nitrogens with zero attached hydrogens (tertiary/aromatic N) is 2. The Morgan fingerprint density at radius 3 is 3.08 bits per heavy atom. The third-order valence-corrected chi connectivity index (χ3v) is 2.46. The monoisotopic (exact) mass is 294 g/mol. The Bertz CT molecular complexity index is 438. The average molecular weight is 294 g/mol. The molecule has 3 N–H and O–H groups in total. The maximum atomic E-state index is 5.69. The Labute approximate surface area is 86.6 Å². The Hall–Kier alpha value is -0.560. The molecule has 0 radical (unpaired) electrons. The number of hydrogen-bond acceptors (Lipinski definition) is 3. The first kappa shape index (κ1) is 8.06. The zero-order valence-corrected chi connectivity index (χ0v) is 8.72. The van der Waals surface area contributed by atoms with E-state index in [-0.39, 0.29) is 0 Å². The lowest BCUT2D eigenvalue weighted by Gasteiger charge is -1.94. The van der Waals surface area contributed by atoms with Gasteiger partial charge < -0.3 is 5.73 Å². The minimum absolute atomic E-state index is 0.364. The second-order valence-corrected chi connectivity index (χ2v) is 3.73. The Morgan fingerprint density at radius 2 is 2.33 bits per heavy atom. The van der Waals surface area contributed by atoms with Crippen molar-refractivity contribution in [2.24, 2.45) is 0 Å². The van der Waals surface area contributed by atoms with Crippen molar-refractivity contribution in [3.63, 3.8) is 0 Å². The summed E-state index contributed by atoms with van der Waals surface area (Å²) in [6.45, 7) is 0. The summed E-state index contributed by atoms with van der Waals surface area (Å²) >= 11 is 7.80. The molecule has 0 bridgehead atoms. The zero-order chi connectivity index (χ0) is 8.72. The molecule has 12 heavy (non-hydrogen) atoms. The highest BCUT2D eigenvalue weighted by atomic mass is 127. The number of hydrogen-bond donors (Lipinski definition) is 2. The van der Waals surface area contributed by atoms with E-state index in [0.717, 1.165) is 14.6 Å². The summed E-state index contributed by atoms with van der Waals surface area (Å²) in [6.07, 6.45) is 0. The van der Waals surface area contributed by atoms with Gasteiger partial charge in [-0.3, -0.25) is 5.10 Å². The number of anilines is 1. The first-order chi connectivity index (χ1) is 5.68. The zero-order valence-electron chi connectivity index (χ0n) is 5.81. The van der Waals surface area contributed by atoms with Crippen LogP contribution in [0.4, 0.5) is 5.82 Å². The van der Waals surface area contributed by atoms with Gasteiger partial charge in [0.2, 0.25) is 0 Å². The lowest BCUT2D eigenvalue weighted by molar-refractivity contribution is 1.09. The topological polar surface area (TPSA) is 67.6 Å². The maximum absolute atomic E-state index is 5.69. The van der Waals surface area contributed by atoms with Crippen LogP contribution >= 0.6 is 34.2 Å². The number of rotatable bonds is 0. The van der Waals surface area contributed by atoms with Crippen LogP contribution in [0, 0.1) is 3.70 Å². The number of nitrogens with one attached hydrogen (secondary N) is 1. The highest BCUT2D eigenvalue weighted by Crippen LogP contribution is 2.24.